The summed E-state index contributed by atoms with van der Waals surface area (Å²) in [4.78, 5) is 20.5. The summed E-state index contributed by atoms with van der Waals surface area (Å²) in [5.41, 5.74) is 4.63. The third kappa shape index (κ3) is 3.93. The Kier molecular flexibility index (Phi) is 5.41. The van der Waals surface area contributed by atoms with Gasteiger partial charge >= 0.3 is 0 Å². The molecular formula is C21H15F2N5O3S. The van der Waals surface area contributed by atoms with Crippen LogP contribution in [-0.2, 0) is 10.0 Å². The van der Waals surface area contributed by atoms with Crippen LogP contribution in [-0.4, -0.2) is 24.3 Å². The van der Waals surface area contributed by atoms with Gasteiger partial charge in [-0.15, -0.1) is 0 Å². The predicted molar refractivity (Wildman–Crippen MR) is 116 cm³/mol. The van der Waals surface area contributed by atoms with Gasteiger partial charge in [-0.3, -0.25) is 9.52 Å². The van der Waals surface area contributed by atoms with Gasteiger partial charge in [-0.1, -0.05) is 24.3 Å². The van der Waals surface area contributed by atoms with E-state index in [1.165, 1.54) is 36.4 Å². The number of nitrogen functional groups attached to an aromatic ring is 1. The number of sulfonamides is 1. The van der Waals surface area contributed by atoms with E-state index in [4.69, 9.17) is 5.73 Å². The summed E-state index contributed by atoms with van der Waals surface area (Å²) in [5.74, 6) is -3.10. The second kappa shape index (κ2) is 8.19. The molecule has 11 heteroatoms. The summed E-state index contributed by atoms with van der Waals surface area (Å²) in [5, 5.41) is 2.54. The lowest BCUT2D eigenvalue weighted by atomic mass is 10.1. The Balaban J connectivity index is 1.69. The molecule has 0 spiro atoms. The van der Waals surface area contributed by atoms with E-state index < -0.39 is 38.9 Å². The number of nitrogens with zero attached hydrogens (tertiary/aromatic N) is 2. The number of para-hydroxylation sites is 1. The molecule has 0 aliphatic heterocycles. The fourth-order valence-corrected chi connectivity index (χ4v) is 4.10. The van der Waals surface area contributed by atoms with Crippen LogP contribution >= 0.6 is 0 Å². The van der Waals surface area contributed by atoms with E-state index in [1.54, 1.807) is 12.1 Å². The molecule has 0 unspecified atom stereocenters. The van der Waals surface area contributed by atoms with E-state index >= 15 is 4.39 Å². The van der Waals surface area contributed by atoms with Gasteiger partial charge in [-0.2, -0.15) is 0 Å². The summed E-state index contributed by atoms with van der Waals surface area (Å²) in [6, 6.07) is 13.6. The summed E-state index contributed by atoms with van der Waals surface area (Å²) in [6.45, 7) is 0. The van der Waals surface area contributed by atoms with E-state index in [-0.39, 0.29) is 21.8 Å². The largest absolute Gasteiger partial charge is 0.383 e. The molecule has 0 fully saturated rings. The fourth-order valence-electron chi connectivity index (χ4n) is 3.02. The van der Waals surface area contributed by atoms with Gasteiger partial charge in [0.1, 0.15) is 23.6 Å². The molecule has 4 aromatic rings. The standard InChI is InChI=1S/C21H15F2N5O3S/c22-15-9-10-16(28-32(30,31)12-5-2-1-3-6-12)17(23)19(15)27-21(29)14-8-4-7-13-18(14)25-11-26-20(13)24/h1-11,28H,(H,27,29)(H2,24,25,26). The molecule has 0 radical (unpaired) electrons. The number of hydrogen-bond donors (Lipinski definition) is 3. The average Bonchev–Trinajstić information content (AvgIpc) is 2.79. The minimum Gasteiger partial charge on any atom is -0.383 e. The van der Waals surface area contributed by atoms with Crippen molar-refractivity contribution >= 4 is 44.0 Å². The molecule has 1 amide bonds. The van der Waals surface area contributed by atoms with Crippen LogP contribution in [0, 0.1) is 11.6 Å². The van der Waals surface area contributed by atoms with Crippen molar-refractivity contribution in [3.8, 4) is 0 Å². The topological polar surface area (TPSA) is 127 Å². The number of fused-ring (bicyclic) bond motifs is 1. The minimum atomic E-state index is -4.14. The highest BCUT2D eigenvalue weighted by Gasteiger charge is 2.22. The maximum atomic E-state index is 15.0. The van der Waals surface area contributed by atoms with Crippen molar-refractivity contribution < 1.29 is 22.0 Å². The van der Waals surface area contributed by atoms with E-state index in [0.717, 1.165) is 18.5 Å². The first-order chi connectivity index (χ1) is 15.3. The number of hydrogen-bond acceptors (Lipinski definition) is 6. The van der Waals surface area contributed by atoms with E-state index in [9.17, 15) is 17.6 Å². The Bertz CT molecular complexity index is 1450. The molecule has 0 aliphatic carbocycles. The van der Waals surface area contributed by atoms with Gasteiger partial charge in [0.15, 0.2) is 5.82 Å². The first-order valence-corrected chi connectivity index (χ1v) is 10.6. The number of carbonyl (C=O) groups is 1. The second-order valence-corrected chi connectivity index (χ2v) is 8.30. The number of rotatable bonds is 5. The van der Waals surface area contributed by atoms with Gasteiger partial charge in [0.05, 0.1) is 21.7 Å². The van der Waals surface area contributed by atoms with Gasteiger partial charge < -0.3 is 11.1 Å². The number of halogens is 2. The summed E-state index contributed by atoms with van der Waals surface area (Å²) in [6.07, 6.45) is 1.16. The number of nitrogens with one attached hydrogen (secondary N) is 2. The van der Waals surface area contributed by atoms with Crippen LogP contribution < -0.4 is 15.8 Å². The number of benzene rings is 3. The van der Waals surface area contributed by atoms with Crippen molar-refractivity contribution in [1.29, 1.82) is 0 Å². The summed E-state index contributed by atoms with van der Waals surface area (Å²) in [7, 11) is -4.14. The van der Waals surface area contributed by atoms with Crippen LogP contribution in [0.3, 0.4) is 0 Å². The normalized spacial score (nSPS) is 11.3. The molecule has 0 saturated carbocycles. The first kappa shape index (κ1) is 21.1. The monoisotopic (exact) mass is 455 g/mol. The van der Waals surface area contributed by atoms with Crippen LogP contribution in [0.4, 0.5) is 26.0 Å². The summed E-state index contributed by atoms with van der Waals surface area (Å²) >= 11 is 0. The number of amides is 1. The lowest BCUT2D eigenvalue weighted by molar-refractivity contribution is 0.102. The zero-order chi connectivity index (χ0) is 22.9. The van der Waals surface area contributed by atoms with Gasteiger partial charge in [0.25, 0.3) is 15.9 Å². The number of anilines is 3. The first-order valence-electron chi connectivity index (χ1n) is 9.14. The molecule has 32 heavy (non-hydrogen) atoms. The number of aromatic nitrogens is 2. The molecule has 4 N–H and O–H groups in total. The van der Waals surface area contributed by atoms with Gasteiger partial charge in [-0.05, 0) is 36.4 Å². The van der Waals surface area contributed by atoms with Gasteiger partial charge in [0, 0.05) is 5.39 Å². The molecule has 0 aliphatic rings. The van der Waals surface area contributed by atoms with Gasteiger partial charge in [-0.25, -0.2) is 27.2 Å². The lowest BCUT2D eigenvalue weighted by Crippen LogP contribution is -2.18. The Morgan fingerprint density at radius 3 is 2.44 bits per heavy atom. The second-order valence-electron chi connectivity index (χ2n) is 6.62. The zero-order valence-corrected chi connectivity index (χ0v) is 17.0. The van der Waals surface area contributed by atoms with Crippen molar-refractivity contribution in [2.24, 2.45) is 0 Å². The van der Waals surface area contributed by atoms with Crippen molar-refractivity contribution in [3.05, 3.63) is 84.2 Å². The molecule has 162 valence electrons. The van der Waals surface area contributed by atoms with Crippen LogP contribution in [0.15, 0.2) is 71.9 Å². The highest BCUT2D eigenvalue weighted by Crippen LogP contribution is 2.29. The maximum absolute atomic E-state index is 15.0. The van der Waals surface area contributed by atoms with Crippen LogP contribution in [0.25, 0.3) is 10.9 Å². The molecule has 3 aromatic carbocycles. The van der Waals surface area contributed by atoms with E-state index in [1.807, 2.05) is 0 Å². The molecule has 4 rings (SSSR count). The maximum Gasteiger partial charge on any atom is 0.261 e. The highest BCUT2D eigenvalue weighted by molar-refractivity contribution is 7.92. The molecule has 0 saturated heterocycles. The van der Waals surface area contributed by atoms with Gasteiger partial charge in [0.2, 0.25) is 0 Å². The minimum absolute atomic E-state index is 0.00525. The zero-order valence-electron chi connectivity index (χ0n) is 16.2. The number of nitrogens with two attached hydrogens (primary N) is 1. The molecule has 0 bridgehead atoms. The van der Waals surface area contributed by atoms with E-state index in [0.29, 0.717) is 5.39 Å². The quantitative estimate of drug-likeness (QED) is 0.422. The average molecular weight is 455 g/mol. The SMILES string of the molecule is Nc1ncnc2c(C(=O)Nc3c(F)ccc(NS(=O)(=O)c4ccccc4)c3F)cccc12. The molecule has 1 aromatic heterocycles. The van der Waals surface area contributed by atoms with Crippen LogP contribution in [0.1, 0.15) is 10.4 Å². The molecule has 8 nitrogen and oxygen atoms in total. The Labute approximate surface area is 181 Å². The third-order valence-electron chi connectivity index (χ3n) is 4.57. The Hall–Kier alpha value is -4.12. The smallest absolute Gasteiger partial charge is 0.261 e. The third-order valence-corrected chi connectivity index (χ3v) is 5.95. The fraction of sp³-hybridized carbons (Fsp3) is 0. The number of carbonyl (C=O) groups excluding carboxylic acids is 1. The molecule has 0 atom stereocenters. The summed E-state index contributed by atoms with van der Waals surface area (Å²) < 4.78 is 56.4. The van der Waals surface area contributed by atoms with E-state index in [2.05, 4.69) is 20.0 Å². The predicted octanol–water partition coefficient (Wildman–Crippen LogP) is 3.54. The van der Waals surface area contributed by atoms with Crippen molar-refractivity contribution in [3.63, 3.8) is 0 Å². The van der Waals surface area contributed by atoms with Crippen molar-refractivity contribution in [1.82, 2.24) is 9.97 Å². The van der Waals surface area contributed by atoms with Crippen LogP contribution in [0.5, 0.6) is 0 Å². The highest BCUT2D eigenvalue weighted by atomic mass is 32.2. The lowest BCUT2D eigenvalue weighted by Gasteiger charge is -2.14. The van der Waals surface area contributed by atoms with Crippen LogP contribution in [0.2, 0.25) is 0 Å². The molecular weight excluding hydrogens is 440 g/mol. The van der Waals surface area contributed by atoms with Crippen molar-refractivity contribution in [2.45, 2.75) is 4.90 Å². The Morgan fingerprint density at radius 2 is 1.69 bits per heavy atom. The Morgan fingerprint density at radius 1 is 0.938 bits per heavy atom. The van der Waals surface area contributed by atoms with Crippen molar-refractivity contribution in [2.75, 3.05) is 15.8 Å². The molecule has 1 heterocycles.